The third kappa shape index (κ3) is 2.32. The van der Waals surface area contributed by atoms with E-state index in [0.717, 1.165) is 18.6 Å². The zero-order valence-electron chi connectivity index (χ0n) is 9.92. The number of hydrogen-bond donors (Lipinski definition) is 1. The first kappa shape index (κ1) is 12.1. The molecular formula is C13H21NO. The van der Waals surface area contributed by atoms with Crippen LogP contribution in [0.1, 0.15) is 32.3 Å². The monoisotopic (exact) mass is 207 g/mol. The Bertz CT molecular complexity index is 297. The van der Waals surface area contributed by atoms with Crippen molar-refractivity contribution in [3.8, 4) is 5.75 Å². The zero-order chi connectivity index (χ0) is 11.3. The van der Waals surface area contributed by atoms with Gasteiger partial charge in [0.25, 0.3) is 0 Å². The van der Waals surface area contributed by atoms with Crippen molar-refractivity contribution in [1.82, 2.24) is 0 Å². The van der Waals surface area contributed by atoms with Crippen molar-refractivity contribution in [3.05, 3.63) is 29.8 Å². The Hall–Kier alpha value is -1.02. The molecule has 0 bridgehead atoms. The van der Waals surface area contributed by atoms with Gasteiger partial charge in [-0.05, 0) is 30.5 Å². The minimum atomic E-state index is 0.106. The Morgan fingerprint density at radius 3 is 2.40 bits per heavy atom. The molecule has 1 rings (SSSR count). The largest absolute Gasteiger partial charge is 0.497 e. The lowest BCUT2D eigenvalue weighted by molar-refractivity contribution is 0.393. The molecule has 0 amide bonds. The summed E-state index contributed by atoms with van der Waals surface area (Å²) in [6.07, 6.45) is 2.13. The number of methoxy groups -OCH3 is 1. The van der Waals surface area contributed by atoms with E-state index < -0.39 is 0 Å². The molecule has 0 saturated carbocycles. The lowest BCUT2D eigenvalue weighted by atomic mass is 9.76. The van der Waals surface area contributed by atoms with Crippen molar-refractivity contribution in [3.63, 3.8) is 0 Å². The van der Waals surface area contributed by atoms with Gasteiger partial charge in [0, 0.05) is 12.0 Å². The van der Waals surface area contributed by atoms with Crippen LogP contribution in [0.4, 0.5) is 0 Å². The number of ether oxygens (including phenoxy) is 1. The van der Waals surface area contributed by atoms with Crippen LogP contribution in [0.2, 0.25) is 0 Å². The van der Waals surface area contributed by atoms with E-state index in [1.54, 1.807) is 7.11 Å². The van der Waals surface area contributed by atoms with E-state index >= 15 is 0 Å². The van der Waals surface area contributed by atoms with Crippen molar-refractivity contribution in [2.75, 3.05) is 13.7 Å². The normalized spacial score (nSPS) is 11.5. The highest BCUT2D eigenvalue weighted by Crippen LogP contribution is 2.32. The summed E-state index contributed by atoms with van der Waals surface area (Å²) in [5.41, 5.74) is 7.30. The van der Waals surface area contributed by atoms with Gasteiger partial charge in [-0.25, -0.2) is 0 Å². The number of benzene rings is 1. The summed E-state index contributed by atoms with van der Waals surface area (Å²) in [6, 6.07) is 8.24. The molecule has 0 saturated heterocycles. The van der Waals surface area contributed by atoms with E-state index in [2.05, 4.69) is 26.0 Å². The average molecular weight is 207 g/mol. The maximum atomic E-state index is 5.91. The summed E-state index contributed by atoms with van der Waals surface area (Å²) in [5, 5.41) is 0. The molecule has 0 heterocycles. The van der Waals surface area contributed by atoms with Crippen molar-refractivity contribution >= 4 is 0 Å². The summed E-state index contributed by atoms with van der Waals surface area (Å²) in [5.74, 6) is 0.909. The van der Waals surface area contributed by atoms with Crippen molar-refractivity contribution < 1.29 is 4.74 Å². The van der Waals surface area contributed by atoms with E-state index in [1.807, 2.05) is 12.1 Å². The predicted octanol–water partition coefficient (Wildman–Crippen LogP) is 2.71. The van der Waals surface area contributed by atoms with Crippen LogP contribution in [0.25, 0.3) is 0 Å². The van der Waals surface area contributed by atoms with Crippen LogP contribution in [0.15, 0.2) is 24.3 Å². The Labute approximate surface area is 92.4 Å². The van der Waals surface area contributed by atoms with E-state index in [9.17, 15) is 0 Å². The smallest absolute Gasteiger partial charge is 0.119 e. The second-order valence-corrected chi connectivity index (χ2v) is 3.92. The van der Waals surface area contributed by atoms with Gasteiger partial charge in [-0.15, -0.1) is 0 Å². The maximum absolute atomic E-state index is 5.91. The molecular weight excluding hydrogens is 186 g/mol. The van der Waals surface area contributed by atoms with Gasteiger partial charge >= 0.3 is 0 Å². The summed E-state index contributed by atoms with van der Waals surface area (Å²) in [4.78, 5) is 0. The van der Waals surface area contributed by atoms with E-state index in [0.29, 0.717) is 6.54 Å². The Kier molecular flexibility index (Phi) is 4.15. The molecule has 1 aromatic carbocycles. The van der Waals surface area contributed by atoms with Crippen LogP contribution < -0.4 is 10.5 Å². The second-order valence-electron chi connectivity index (χ2n) is 3.92. The first-order valence-electron chi connectivity index (χ1n) is 5.57. The minimum Gasteiger partial charge on any atom is -0.497 e. The molecule has 2 nitrogen and oxygen atoms in total. The fourth-order valence-electron chi connectivity index (χ4n) is 2.02. The highest BCUT2D eigenvalue weighted by atomic mass is 16.5. The van der Waals surface area contributed by atoms with Gasteiger partial charge in [-0.1, -0.05) is 26.0 Å². The average Bonchev–Trinajstić information content (AvgIpc) is 2.32. The minimum absolute atomic E-state index is 0.106. The molecule has 0 fully saturated rings. The molecule has 0 aliphatic carbocycles. The van der Waals surface area contributed by atoms with Gasteiger partial charge in [-0.2, -0.15) is 0 Å². The van der Waals surface area contributed by atoms with Crippen molar-refractivity contribution in [2.24, 2.45) is 5.73 Å². The Morgan fingerprint density at radius 1 is 1.27 bits per heavy atom. The topological polar surface area (TPSA) is 35.2 Å². The van der Waals surface area contributed by atoms with Crippen LogP contribution in [0.5, 0.6) is 5.75 Å². The molecule has 15 heavy (non-hydrogen) atoms. The number of hydrogen-bond acceptors (Lipinski definition) is 2. The van der Waals surface area contributed by atoms with Crippen LogP contribution in [0, 0.1) is 0 Å². The Morgan fingerprint density at radius 2 is 1.93 bits per heavy atom. The first-order chi connectivity index (χ1) is 7.22. The molecule has 0 aliphatic rings. The molecule has 84 valence electrons. The summed E-state index contributed by atoms with van der Waals surface area (Å²) >= 11 is 0. The van der Waals surface area contributed by atoms with Crippen LogP contribution in [0.3, 0.4) is 0 Å². The van der Waals surface area contributed by atoms with Crippen molar-refractivity contribution in [2.45, 2.75) is 32.1 Å². The van der Waals surface area contributed by atoms with E-state index in [-0.39, 0.29) is 5.41 Å². The summed E-state index contributed by atoms with van der Waals surface area (Å²) in [7, 11) is 1.70. The van der Waals surface area contributed by atoms with Crippen molar-refractivity contribution in [1.29, 1.82) is 0 Å². The molecule has 0 radical (unpaired) electrons. The maximum Gasteiger partial charge on any atom is 0.119 e. The molecule has 0 unspecified atom stereocenters. The second kappa shape index (κ2) is 5.17. The molecule has 0 atom stereocenters. The van der Waals surface area contributed by atoms with Gasteiger partial charge in [0.2, 0.25) is 0 Å². The molecule has 1 aromatic rings. The highest BCUT2D eigenvalue weighted by molar-refractivity contribution is 5.34. The fourth-order valence-corrected chi connectivity index (χ4v) is 2.02. The van der Waals surface area contributed by atoms with E-state index in [1.165, 1.54) is 5.56 Å². The molecule has 0 spiro atoms. The van der Waals surface area contributed by atoms with Crippen LogP contribution in [-0.4, -0.2) is 13.7 Å². The quantitative estimate of drug-likeness (QED) is 0.805. The van der Waals surface area contributed by atoms with Crippen LogP contribution in [-0.2, 0) is 5.41 Å². The molecule has 2 heteroatoms. The third-order valence-corrected chi connectivity index (χ3v) is 3.43. The molecule has 2 N–H and O–H groups in total. The Balaban J connectivity index is 3.10. The van der Waals surface area contributed by atoms with E-state index in [4.69, 9.17) is 10.5 Å². The predicted molar refractivity (Wildman–Crippen MR) is 64.3 cm³/mol. The summed E-state index contributed by atoms with van der Waals surface area (Å²) in [6.45, 7) is 5.07. The zero-order valence-corrected chi connectivity index (χ0v) is 9.92. The number of rotatable bonds is 5. The fraction of sp³-hybridized carbons (Fsp3) is 0.538. The summed E-state index contributed by atoms with van der Waals surface area (Å²) < 4.78 is 5.24. The molecule has 0 aromatic heterocycles. The standard InChI is InChI=1S/C13H21NO/c1-4-13(5-2,10-14)11-7-6-8-12(9-11)15-3/h6-9H,4-5,10,14H2,1-3H3. The lowest BCUT2D eigenvalue weighted by Crippen LogP contribution is -2.33. The number of nitrogens with two attached hydrogens (primary N) is 1. The van der Waals surface area contributed by atoms with Crippen LogP contribution >= 0.6 is 0 Å². The SMILES string of the molecule is CCC(CC)(CN)c1cccc(OC)c1. The lowest BCUT2D eigenvalue weighted by Gasteiger charge is -2.31. The first-order valence-corrected chi connectivity index (χ1v) is 5.57. The van der Waals surface area contributed by atoms with Gasteiger partial charge in [-0.3, -0.25) is 0 Å². The molecule has 0 aliphatic heterocycles. The van der Waals surface area contributed by atoms with Gasteiger partial charge < -0.3 is 10.5 Å². The van der Waals surface area contributed by atoms with Gasteiger partial charge in [0.15, 0.2) is 0 Å². The van der Waals surface area contributed by atoms with Gasteiger partial charge in [0.1, 0.15) is 5.75 Å². The highest BCUT2D eigenvalue weighted by Gasteiger charge is 2.26. The third-order valence-electron chi connectivity index (χ3n) is 3.43. The van der Waals surface area contributed by atoms with Gasteiger partial charge in [0.05, 0.1) is 7.11 Å².